The maximum absolute atomic E-state index is 11.7. The lowest BCUT2D eigenvalue weighted by molar-refractivity contribution is -0.117. The highest BCUT2D eigenvalue weighted by Gasteiger charge is 2.21. The molecule has 1 aromatic heterocycles. The average Bonchev–Trinajstić information content (AvgIpc) is 2.60. The highest BCUT2D eigenvalue weighted by molar-refractivity contribution is 7.87. The van der Waals surface area contributed by atoms with E-state index < -0.39 is 22.2 Å². The highest BCUT2D eigenvalue weighted by atomic mass is 32.2. The first-order chi connectivity index (χ1) is 8.69. The lowest BCUT2D eigenvalue weighted by Crippen LogP contribution is -2.48. The van der Waals surface area contributed by atoms with Crippen LogP contribution in [0, 0.1) is 6.92 Å². The van der Waals surface area contributed by atoms with Gasteiger partial charge in [-0.25, -0.2) is 0 Å². The molecule has 0 saturated heterocycles. The third-order valence-electron chi connectivity index (χ3n) is 2.00. The molecule has 0 radical (unpaired) electrons. The average molecular weight is 290 g/mol. The van der Waals surface area contributed by atoms with Gasteiger partial charge in [-0.2, -0.15) is 17.9 Å². The third-order valence-corrected chi connectivity index (χ3v) is 3.44. The lowest BCUT2D eigenvalue weighted by atomic mass is 10.3. The van der Waals surface area contributed by atoms with Gasteiger partial charge >= 0.3 is 0 Å². The van der Waals surface area contributed by atoms with Gasteiger partial charge < -0.3 is 9.84 Å². The Hall–Kier alpha value is -1.45. The van der Waals surface area contributed by atoms with Crippen molar-refractivity contribution in [2.45, 2.75) is 39.8 Å². The minimum Gasteiger partial charge on any atom is -0.360 e. The van der Waals surface area contributed by atoms with Crippen LogP contribution < -0.4 is 14.8 Å². The smallest absolute Gasteiger partial charge is 0.277 e. The molecule has 1 amide bonds. The van der Waals surface area contributed by atoms with Gasteiger partial charge in [-0.1, -0.05) is 5.16 Å². The van der Waals surface area contributed by atoms with E-state index in [2.05, 4.69) is 19.9 Å². The maximum Gasteiger partial charge on any atom is 0.277 e. The van der Waals surface area contributed by atoms with E-state index in [1.165, 1.54) is 13.0 Å². The summed E-state index contributed by atoms with van der Waals surface area (Å²) in [6, 6.07) is 0.338. The van der Waals surface area contributed by atoms with E-state index in [1.807, 2.05) is 0 Å². The summed E-state index contributed by atoms with van der Waals surface area (Å²) in [6.07, 6.45) is 0. The van der Waals surface area contributed by atoms with Crippen LogP contribution in [0.25, 0.3) is 0 Å². The summed E-state index contributed by atoms with van der Waals surface area (Å²) in [5.74, 6) is 0.262. The molecule has 0 bridgehead atoms. The molecule has 108 valence electrons. The maximum atomic E-state index is 11.7. The molecule has 1 atom stereocenters. The molecule has 3 N–H and O–H groups in total. The monoisotopic (exact) mass is 290 g/mol. The van der Waals surface area contributed by atoms with Crippen molar-refractivity contribution in [2.75, 3.05) is 5.32 Å². The number of carbonyl (C=O) groups excluding carboxylic acids is 1. The first-order valence-electron chi connectivity index (χ1n) is 5.73. The van der Waals surface area contributed by atoms with Crippen molar-refractivity contribution in [3.63, 3.8) is 0 Å². The van der Waals surface area contributed by atoms with Gasteiger partial charge in [-0.3, -0.25) is 4.79 Å². The van der Waals surface area contributed by atoms with Crippen LogP contribution in [0.5, 0.6) is 0 Å². The number of aromatic nitrogens is 1. The number of hydrogen-bond donors (Lipinski definition) is 3. The molecule has 0 aliphatic rings. The van der Waals surface area contributed by atoms with Crippen molar-refractivity contribution in [3.8, 4) is 0 Å². The van der Waals surface area contributed by atoms with Gasteiger partial charge in [0.2, 0.25) is 5.91 Å². The predicted molar refractivity (Wildman–Crippen MR) is 69.7 cm³/mol. The number of nitrogens with one attached hydrogen (secondary N) is 3. The molecule has 1 aromatic rings. The van der Waals surface area contributed by atoms with Crippen molar-refractivity contribution >= 4 is 21.9 Å². The van der Waals surface area contributed by atoms with Gasteiger partial charge in [0.05, 0.1) is 6.04 Å². The molecular weight excluding hydrogens is 272 g/mol. The molecular formula is C10H18N4O4S. The number of anilines is 1. The molecule has 0 spiro atoms. The second-order valence-corrected chi connectivity index (χ2v) is 5.91. The highest BCUT2D eigenvalue weighted by Crippen LogP contribution is 2.07. The van der Waals surface area contributed by atoms with Gasteiger partial charge in [0.1, 0.15) is 5.76 Å². The van der Waals surface area contributed by atoms with Crippen LogP contribution in [-0.4, -0.2) is 31.6 Å². The van der Waals surface area contributed by atoms with Crippen LogP contribution in [0.2, 0.25) is 0 Å². The zero-order valence-corrected chi connectivity index (χ0v) is 12.0. The van der Waals surface area contributed by atoms with E-state index in [4.69, 9.17) is 4.52 Å². The third kappa shape index (κ3) is 5.37. The van der Waals surface area contributed by atoms with Crippen LogP contribution in [0.1, 0.15) is 26.5 Å². The van der Waals surface area contributed by atoms with Gasteiger partial charge in [0.15, 0.2) is 5.82 Å². The Balaban J connectivity index is 2.58. The van der Waals surface area contributed by atoms with Gasteiger partial charge in [-0.15, -0.1) is 0 Å². The van der Waals surface area contributed by atoms with E-state index >= 15 is 0 Å². The SMILES string of the molecule is Cc1cc(NC(=O)C(C)NS(=O)(=O)NC(C)C)no1. The zero-order valence-electron chi connectivity index (χ0n) is 11.2. The molecule has 0 aromatic carbocycles. The minimum atomic E-state index is -3.72. The Morgan fingerprint density at radius 2 is 1.95 bits per heavy atom. The molecule has 0 saturated carbocycles. The summed E-state index contributed by atoms with van der Waals surface area (Å²) in [5.41, 5.74) is 0. The molecule has 1 heterocycles. The molecule has 9 heteroatoms. The molecule has 19 heavy (non-hydrogen) atoms. The van der Waals surface area contributed by atoms with Crippen molar-refractivity contribution in [1.29, 1.82) is 0 Å². The van der Waals surface area contributed by atoms with Crippen LogP contribution in [0.3, 0.4) is 0 Å². The number of rotatable bonds is 6. The van der Waals surface area contributed by atoms with E-state index in [-0.39, 0.29) is 11.9 Å². The van der Waals surface area contributed by atoms with Gasteiger partial charge in [-0.05, 0) is 27.7 Å². The quantitative estimate of drug-likeness (QED) is 0.690. The predicted octanol–water partition coefficient (Wildman–Crippen LogP) is 0.142. The summed E-state index contributed by atoms with van der Waals surface area (Å²) in [6.45, 7) is 6.48. The topological polar surface area (TPSA) is 113 Å². The standard InChI is InChI=1S/C10H18N4O4S/c1-6(2)13-19(16,17)14-8(4)10(15)11-9-5-7(3)18-12-9/h5-6,8,13-14H,1-4H3,(H,11,12,15). The molecule has 8 nitrogen and oxygen atoms in total. The van der Waals surface area contributed by atoms with Crippen LogP contribution in [0.4, 0.5) is 5.82 Å². The van der Waals surface area contributed by atoms with Gasteiger partial charge in [0.25, 0.3) is 10.2 Å². The fraction of sp³-hybridized carbons (Fsp3) is 0.600. The van der Waals surface area contributed by atoms with Crippen molar-refractivity contribution in [3.05, 3.63) is 11.8 Å². The number of amides is 1. The second-order valence-electron chi connectivity index (χ2n) is 4.43. The van der Waals surface area contributed by atoms with E-state index in [0.717, 1.165) is 0 Å². The van der Waals surface area contributed by atoms with E-state index in [1.54, 1.807) is 20.8 Å². The second kappa shape index (κ2) is 6.13. The lowest BCUT2D eigenvalue weighted by Gasteiger charge is -2.15. The summed E-state index contributed by atoms with van der Waals surface area (Å²) in [7, 11) is -3.72. The molecule has 0 aliphatic heterocycles. The number of aryl methyl sites for hydroxylation is 1. The van der Waals surface area contributed by atoms with Crippen molar-refractivity contribution < 1.29 is 17.7 Å². The van der Waals surface area contributed by atoms with Crippen molar-refractivity contribution in [2.24, 2.45) is 0 Å². The van der Waals surface area contributed by atoms with Gasteiger partial charge in [0, 0.05) is 12.1 Å². The zero-order chi connectivity index (χ0) is 14.6. The van der Waals surface area contributed by atoms with Crippen LogP contribution >= 0.6 is 0 Å². The fourth-order valence-electron chi connectivity index (χ4n) is 1.29. The Labute approximate surface area is 112 Å². The van der Waals surface area contributed by atoms with Crippen LogP contribution in [-0.2, 0) is 15.0 Å². The van der Waals surface area contributed by atoms with Crippen LogP contribution in [0.15, 0.2) is 10.6 Å². The Bertz CT molecular complexity index is 537. The molecule has 1 unspecified atom stereocenters. The Kier molecular flexibility index (Phi) is 5.04. The summed E-state index contributed by atoms with van der Waals surface area (Å²) >= 11 is 0. The first kappa shape index (κ1) is 15.6. The number of hydrogen-bond acceptors (Lipinski definition) is 5. The van der Waals surface area contributed by atoms with E-state index in [9.17, 15) is 13.2 Å². The number of carbonyl (C=O) groups is 1. The summed E-state index contributed by atoms with van der Waals surface area (Å²) in [4.78, 5) is 11.7. The van der Waals surface area contributed by atoms with E-state index in [0.29, 0.717) is 5.76 Å². The Morgan fingerprint density at radius 3 is 2.42 bits per heavy atom. The summed E-state index contributed by atoms with van der Waals surface area (Å²) in [5, 5.41) is 6.02. The molecule has 0 fully saturated rings. The number of nitrogens with zero attached hydrogens (tertiary/aromatic N) is 1. The Morgan fingerprint density at radius 1 is 1.32 bits per heavy atom. The first-order valence-corrected chi connectivity index (χ1v) is 7.21. The normalized spacial score (nSPS) is 13.5. The largest absolute Gasteiger partial charge is 0.360 e. The van der Waals surface area contributed by atoms with Crippen molar-refractivity contribution in [1.82, 2.24) is 14.6 Å². The molecule has 0 aliphatic carbocycles. The fourth-order valence-corrected chi connectivity index (χ4v) is 2.55. The minimum absolute atomic E-state index is 0.241. The summed E-state index contributed by atoms with van der Waals surface area (Å²) < 4.78 is 32.5. The molecule has 1 rings (SSSR count).